The van der Waals surface area contributed by atoms with Gasteiger partial charge in [0, 0.05) is 36.0 Å². The number of H-pyrrole nitrogens is 2. The predicted octanol–water partition coefficient (Wildman–Crippen LogP) is 5.59. The molecule has 2 N–H and O–H groups in total. The lowest BCUT2D eigenvalue weighted by Crippen LogP contribution is -2.01. The summed E-state index contributed by atoms with van der Waals surface area (Å²) < 4.78 is 0. The molecule has 1 unspecified atom stereocenters. The molecule has 5 heteroatoms. The van der Waals surface area contributed by atoms with Gasteiger partial charge in [0.1, 0.15) is 5.82 Å². The van der Waals surface area contributed by atoms with Gasteiger partial charge < -0.3 is 9.97 Å². The molecule has 5 aromatic rings. The normalized spacial score (nSPS) is 12.0. The van der Waals surface area contributed by atoms with E-state index < -0.39 is 0 Å². The Kier molecular flexibility index (Phi) is 5.04. The smallest absolute Gasteiger partial charge is 0.161 e. The van der Waals surface area contributed by atoms with E-state index in [2.05, 4.69) is 74.8 Å². The second-order valence-corrected chi connectivity index (χ2v) is 7.65. The molecular formula is C26H21N5. The van der Waals surface area contributed by atoms with E-state index in [0.717, 1.165) is 39.2 Å². The van der Waals surface area contributed by atoms with Gasteiger partial charge in [-0.25, -0.2) is 0 Å². The van der Waals surface area contributed by atoms with Crippen LogP contribution in [0.15, 0.2) is 85.1 Å². The molecule has 2 aromatic heterocycles. The Morgan fingerprint density at radius 1 is 0.871 bits per heavy atom. The number of nitrogens with one attached hydrogen (secondary N) is 2. The summed E-state index contributed by atoms with van der Waals surface area (Å²) in [4.78, 5) is 6.57. The first kappa shape index (κ1) is 18.8. The Hall–Kier alpha value is -4.17. The molecule has 31 heavy (non-hydrogen) atoms. The van der Waals surface area contributed by atoms with Crippen molar-refractivity contribution in [2.75, 3.05) is 0 Å². The van der Waals surface area contributed by atoms with Gasteiger partial charge in [0.05, 0.1) is 6.07 Å². The van der Waals surface area contributed by atoms with Crippen molar-refractivity contribution in [1.29, 1.82) is 5.26 Å². The van der Waals surface area contributed by atoms with Gasteiger partial charge in [-0.05, 0) is 46.3 Å². The van der Waals surface area contributed by atoms with Crippen LogP contribution >= 0.6 is 0 Å². The summed E-state index contributed by atoms with van der Waals surface area (Å²) in [5.74, 6) is 1.57. The number of hydrogen-bond donors (Lipinski definition) is 2. The molecular weight excluding hydrogens is 382 g/mol. The van der Waals surface area contributed by atoms with Crippen LogP contribution in [0.3, 0.4) is 0 Å². The average Bonchev–Trinajstić information content (AvgIpc) is 3.47. The standard InChI is InChI=1S/C26H21N5/c27-13-11-23(20-9-10-24-21(16-20)12-14-28-24)19-7-4-8-22(17-19)26-29-25(30-31-26)15-18-5-2-1-3-6-18/h1-10,12,14,16-17,23,28H,11,15H2,(H,29,30,31). The van der Waals surface area contributed by atoms with Crippen LogP contribution in [-0.4, -0.2) is 20.2 Å². The molecule has 0 bridgehead atoms. The Morgan fingerprint density at radius 3 is 2.61 bits per heavy atom. The van der Waals surface area contributed by atoms with Crippen LogP contribution in [0.4, 0.5) is 0 Å². The zero-order valence-corrected chi connectivity index (χ0v) is 16.9. The lowest BCUT2D eigenvalue weighted by Gasteiger charge is -2.16. The minimum atomic E-state index is -0.00374. The number of nitriles is 1. The highest BCUT2D eigenvalue weighted by Crippen LogP contribution is 2.32. The zero-order chi connectivity index (χ0) is 21.0. The second kappa shape index (κ2) is 8.29. The maximum atomic E-state index is 9.48. The Balaban J connectivity index is 1.45. The van der Waals surface area contributed by atoms with Crippen LogP contribution in [0.1, 0.15) is 34.9 Å². The van der Waals surface area contributed by atoms with Crippen LogP contribution in [0.25, 0.3) is 22.3 Å². The van der Waals surface area contributed by atoms with E-state index in [1.165, 1.54) is 5.56 Å². The lowest BCUT2D eigenvalue weighted by atomic mass is 9.87. The lowest BCUT2D eigenvalue weighted by molar-refractivity contribution is 0.840. The number of nitrogens with zero attached hydrogens (tertiary/aromatic N) is 3. The van der Waals surface area contributed by atoms with Gasteiger partial charge in [0.25, 0.3) is 0 Å². The second-order valence-electron chi connectivity index (χ2n) is 7.65. The SMILES string of the molecule is N#CCC(c1cccc(-c2nnc(Cc3ccccc3)[nH]2)c1)c1ccc2[nH]ccc2c1. The predicted molar refractivity (Wildman–Crippen MR) is 121 cm³/mol. The van der Waals surface area contributed by atoms with Crippen molar-refractivity contribution < 1.29 is 0 Å². The van der Waals surface area contributed by atoms with Crippen LogP contribution in [-0.2, 0) is 6.42 Å². The highest BCUT2D eigenvalue weighted by atomic mass is 15.2. The minimum Gasteiger partial charge on any atom is -0.361 e. The summed E-state index contributed by atoms with van der Waals surface area (Å²) in [6.45, 7) is 0. The number of fused-ring (bicyclic) bond motifs is 1. The van der Waals surface area contributed by atoms with E-state index >= 15 is 0 Å². The molecule has 0 saturated carbocycles. The molecule has 2 heterocycles. The van der Waals surface area contributed by atoms with Gasteiger partial charge in [-0.2, -0.15) is 5.26 Å². The fraction of sp³-hybridized carbons (Fsp3) is 0.115. The van der Waals surface area contributed by atoms with Gasteiger partial charge in [-0.3, -0.25) is 0 Å². The largest absolute Gasteiger partial charge is 0.361 e. The number of aromatic amines is 2. The van der Waals surface area contributed by atoms with E-state index in [4.69, 9.17) is 0 Å². The van der Waals surface area contributed by atoms with Crippen molar-refractivity contribution in [2.45, 2.75) is 18.8 Å². The van der Waals surface area contributed by atoms with Crippen LogP contribution in [0.5, 0.6) is 0 Å². The number of aromatic nitrogens is 4. The van der Waals surface area contributed by atoms with Gasteiger partial charge in [-0.15, -0.1) is 10.2 Å². The van der Waals surface area contributed by atoms with Crippen molar-refractivity contribution in [1.82, 2.24) is 20.2 Å². The molecule has 0 spiro atoms. The Morgan fingerprint density at radius 2 is 1.74 bits per heavy atom. The average molecular weight is 403 g/mol. The highest BCUT2D eigenvalue weighted by Gasteiger charge is 2.16. The molecule has 0 amide bonds. The molecule has 1 atom stereocenters. The first-order valence-electron chi connectivity index (χ1n) is 10.3. The van der Waals surface area contributed by atoms with Gasteiger partial charge in [0.2, 0.25) is 0 Å². The van der Waals surface area contributed by atoms with Crippen molar-refractivity contribution in [3.63, 3.8) is 0 Å². The van der Waals surface area contributed by atoms with Gasteiger partial charge in [0.15, 0.2) is 5.82 Å². The van der Waals surface area contributed by atoms with Crippen LogP contribution in [0, 0.1) is 11.3 Å². The first-order chi connectivity index (χ1) is 15.3. The summed E-state index contributed by atoms with van der Waals surface area (Å²) in [7, 11) is 0. The van der Waals surface area contributed by atoms with Crippen molar-refractivity contribution >= 4 is 10.9 Å². The van der Waals surface area contributed by atoms with Crippen molar-refractivity contribution in [3.05, 3.63) is 108 Å². The first-order valence-corrected chi connectivity index (χ1v) is 10.3. The summed E-state index contributed by atoms with van der Waals surface area (Å²) in [6.07, 6.45) is 3.06. The van der Waals surface area contributed by atoms with E-state index in [0.29, 0.717) is 12.8 Å². The molecule has 3 aromatic carbocycles. The summed E-state index contributed by atoms with van der Waals surface area (Å²) in [6, 6.07) is 29.2. The van der Waals surface area contributed by atoms with Gasteiger partial charge >= 0.3 is 0 Å². The van der Waals surface area contributed by atoms with Crippen LogP contribution < -0.4 is 0 Å². The monoisotopic (exact) mass is 403 g/mol. The minimum absolute atomic E-state index is 0.00374. The topological polar surface area (TPSA) is 81.2 Å². The van der Waals surface area contributed by atoms with Crippen LogP contribution in [0.2, 0.25) is 0 Å². The third kappa shape index (κ3) is 3.96. The van der Waals surface area contributed by atoms with E-state index in [1.807, 2.05) is 36.5 Å². The number of benzene rings is 3. The fourth-order valence-electron chi connectivity index (χ4n) is 4.01. The maximum Gasteiger partial charge on any atom is 0.161 e. The van der Waals surface area contributed by atoms with Gasteiger partial charge in [-0.1, -0.05) is 54.6 Å². The molecule has 0 fully saturated rings. The number of hydrogen-bond acceptors (Lipinski definition) is 3. The summed E-state index contributed by atoms with van der Waals surface area (Å²) >= 11 is 0. The molecule has 0 saturated heterocycles. The molecule has 5 rings (SSSR count). The van der Waals surface area contributed by atoms with Crippen molar-refractivity contribution in [3.8, 4) is 17.5 Å². The van der Waals surface area contributed by atoms with Crippen molar-refractivity contribution in [2.24, 2.45) is 0 Å². The zero-order valence-electron chi connectivity index (χ0n) is 16.9. The van der Waals surface area contributed by atoms with E-state index in [-0.39, 0.29) is 5.92 Å². The quantitative estimate of drug-likeness (QED) is 0.388. The Bertz CT molecular complexity index is 1360. The Labute approximate surface area is 180 Å². The summed E-state index contributed by atoms with van der Waals surface area (Å²) in [5.41, 5.74) is 5.48. The fourth-order valence-corrected chi connectivity index (χ4v) is 4.01. The molecule has 150 valence electrons. The molecule has 0 aliphatic carbocycles. The highest BCUT2D eigenvalue weighted by molar-refractivity contribution is 5.80. The maximum absolute atomic E-state index is 9.48. The third-order valence-electron chi connectivity index (χ3n) is 5.59. The summed E-state index contributed by atoms with van der Waals surface area (Å²) in [5, 5.41) is 19.3. The molecule has 5 nitrogen and oxygen atoms in total. The molecule has 0 radical (unpaired) electrons. The van der Waals surface area contributed by atoms with E-state index in [1.54, 1.807) is 0 Å². The molecule has 0 aliphatic heterocycles. The molecule has 0 aliphatic rings. The van der Waals surface area contributed by atoms with E-state index in [9.17, 15) is 5.26 Å². The number of rotatable bonds is 6. The third-order valence-corrected chi connectivity index (χ3v) is 5.59.